The van der Waals surface area contributed by atoms with E-state index in [9.17, 15) is 9.59 Å². The second-order valence-electron chi connectivity index (χ2n) is 6.72. The number of amides is 2. The average molecular weight is 398 g/mol. The molecule has 0 spiro atoms. The molecule has 0 aliphatic rings. The predicted octanol–water partition coefficient (Wildman–Crippen LogP) is 3.76. The van der Waals surface area contributed by atoms with E-state index in [0.29, 0.717) is 41.8 Å². The first-order valence-corrected chi connectivity index (χ1v) is 9.99. The number of carbonyl (C=O) groups excluding carboxylic acids is 2. The smallest absolute Gasteiger partial charge is 0.253 e. The zero-order chi connectivity index (χ0) is 19.9. The summed E-state index contributed by atoms with van der Waals surface area (Å²) in [6.07, 6.45) is 0.498. The van der Waals surface area contributed by atoms with Gasteiger partial charge in [0.05, 0.1) is 11.3 Å². The molecule has 0 fully saturated rings. The van der Waals surface area contributed by atoms with Crippen molar-refractivity contribution in [3.63, 3.8) is 0 Å². The lowest BCUT2D eigenvalue weighted by Crippen LogP contribution is -2.28. The number of nitrogens with one attached hydrogen (secondary N) is 2. The second kappa shape index (κ2) is 9.27. The number of hydrogen-bond acceptors (Lipinski definition) is 6. The van der Waals surface area contributed by atoms with Gasteiger partial charge in [0.2, 0.25) is 17.6 Å². The van der Waals surface area contributed by atoms with E-state index in [-0.39, 0.29) is 18.2 Å². The molecule has 0 bridgehead atoms. The van der Waals surface area contributed by atoms with Crippen molar-refractivity contribution < 1.29 is 14.1 Å². The topological polar surface area (TPSA) is 97.1 Å². The lowest BCUT2D eigenvalue weighted by molar-refractivity contribution is -0.116. The summed E-state index contributed by atoms with van der Waals surface area (Å²) in [7, 11) is 0. The van der Waals surface area contributed by atoms with Crippen LogP contribution in [-0.2, 0) is 11.2 Å². The number of thiophene rings is 1. The van der Waals surface area contributed by atoms with Crippen molar-refractivity contribution in [2.24, 2.45) is 5.92 Å². The Morgan fingerprint density at radius 3 is 2.79 bits per heavy atom. The molecule has 0 radical (unpaired) electrons. The summed E-state index contributed by atoms with van der Waals surface area (Å²) in [5.74, 6) is 0.837. The van der Waals surface area contributed by atoms with Crippen molar-refractivity contribution in [2.45, 2.75) is 26.7 Å². The van der Waals surface area contributed by atoms with Crippen LogP contribution in [0.25, 0.3) is 11.4 Å². The highest BCUT2D eigenvalue weighted by Crippen LogP contribution is 2.19. The van der Waals surface area contributed by atoms with Gasteiger partial charge < -0.3 is 15.2 Å². The van der Waals surface area contributed by atoms with Gasteiger partial charge in [-0.2, -0.15) is 16.3 Å². The van der Waals surface area contributed by atoms with E-state index in [0.717, 1.165) is 5.56 Å². The molecule has 0 unspecified atom stereocenters. The molecule has 1 aromatic carbocycles. The highest BCUT2D eigenvalue weighted by molar-refractivity contribution is 7.08. The van der Waals surface area contributed by atoms with E-state index in [1.165, 1.54) is 0 Å². The monoisotopic (exact) mass is 398 g/mol. The lowest BCUT2D eigenvalue weighted by Gasteiger charge is -2.12. The molecule has 7 nitrogen and oxygen atoms in total. The first-order valence-electron chi connectivity index (χ1n) is 9.05. The van der Waals surface area contributed by atoms with E-state index >= 15 is 0 Å². The van der Waals surface area contributed by atoms with Crippen LogP contribution in [0.3, 0.4) is 0 Å². The van der Waals surface area contributed by atoms with Gasteiger partial charge in [0.15, 0.2) is 0 Å². The predicted molar refractivity (Wildman–Crippen MR) is 108 cm³/mol. The molecule has 3 aromatic rings. The molecule has 146 valence electrons. The van der Waals surface area contributed by atoms with Gasteiger partial charge in [-0.3, -0.25) is 9.59 Å². The maximum atomic E-state index is 12.4. The fourth-order valence-electron chi connectivity index (χ4n) is 2.48. The maximum Gasteiger partial charge on any atom is 0.253 e. The Morgan fingerprint density at radius 2 is 2.04 bits per heavy atom. The van der Waals surface area contributed by atoms with Gasteiger partial charge in [-0.25, -0.2) is 0 Å². The average Bonchev–Trinajstić information content (AvgIpc) is 3.36. The van der Waals surface area contributed by atoms with Crippen LogP contribution in [0.15, 0.2) is 45.6 Å². The third-order valence-electron chi connectivity index (χ3n) is 3.93. The minimum absolute atomic E-state index is 0.174. The quantitative estimate of drug-likeness (QED) is 0.602. The number of benzene rings is 1. The second-order valence-corrected chi connectivity index (χ2v) is 7.50. The van der Waals surface area contributed by atoms with Gasteiger partial charge in [0, 0.05) is 30.3 Å². The first-order chi connectivity index (χ1) is 13.5. The fourth-order valence-corrected chi connectivity index (χ4v) is 3.12. The van der Waals surface area contributed by atoms with Crippen LogP contribution in [0.4, 0.5) is 5.69 Å². The molecule has 0 atom stereocenters. The standard InChI is InChI=1S/C20H22N4O3S/c1-13(2)11-21-20(26)15-5-3-4-6-16(15)22-17(25)7-8-18-23-19(24-27-18)14-9-10-28-12-14/h3-6,9-10,12-13H,7-8,11H2,1-2H3,(H,21,26)(H,22,25). The molecule has 0 saturated heterocycles. The Balaban J connectivity index is 1.57. The van der Waals surface area contributed by atoms with Crippen molar-refractivity contribution in [3.05, 3.63) is 52.5 Å². The van der Waals surface area contributed by atoms with Crippen LogP contribution in [0.2, 0.25) is 0 Å². The molecular weight excluding hydrogens is 376 g/mol. The molecule has 8 heteroatoms. The molecule has 28 heavy (non-hydrogen) atoms. The van der Waals surface area contributed by atoms with Crippen LogP contribution in [0.1, 0.15) is 36.5 Å². The number of para-hydroxylation sites is 1. The lowest BCUT2D eigenvalue weighted by atomic mass is 10.1. The van der Waals surface area contributed by atoms with E-state index < -0.39 is 0 Å². The SMILES string of the molecule is CC(C)CNC(=O)c1ccccc1NC(=O)CCc1nc(-c2ccsc2)no1. The number of anilines is 1. The summed E-state index contributed by atoms with van der Waals surface area (Å²) >= 11 is 1.55. The number of hydrogen-bond donors (Lipinski definition) is 2. The summed E-state index contributed by atoms with van der Waals surface area (Å²) in [4.78, 5) is 29.0. The summed E-state index contributed by atoms with van der Waals surface area (Å²) in [5.41, 5.74) is 1.82. The summed E-state index contributed by atoms with van der Waals surface area (Å²) < 4.78 is 5.20. The van der Waals surface area contributed by atoms with Crippen LogP contribution >= 0.6 is 11.3 Å². The van der Waals surface area contributed by atoms with Gasteiger partial charge in [-0.1, -0.05) is 31.1 Å². The van der Waals surface area contributed by atoms with Gasteiger partial charge in [-0.15, -0.1) is 0 Å². The van der Waals surface area contributed by atoms with E-state index in [1.807, 2.05) is 30.7 Å². The first kappa shape index (κ1) is 19.8. The molecule has 3 rings (SSSR count). The minimum atomic E-state index is -0.223. The molecule has 2 amide bonds. The summed E-state index contributed by atoms with van der Waals surface area (Å²) in [5, 5.41) is 13.5. The summed E-state index contributed by atoms with van der Waals surface area (Å²) in [6.45, 7) is 4.62. The number of nitrogens with zero attached hydrogens (tertiary/aromatic N) is 2. The highest BCUT2D eigenvalue weighted by Gasteiger charge is 2.15. The summed E-state index contributed by atoms with van der Waals surface area (Å²) in [6, 6.07) is 8.86. The Morgan fingerprint density at radius 1 is 1.21 bits per heavy atom. The molecule has 2 aromatic heterocycles. The minimum Gasteiger partial charge on any atom is -0.352 e. The number of rotatable bonds is 8. The number of aryl methyl sites for hydroxylation is 1. The van der Waals surface area contributed by atoms with Crippen LogP contribution < -0.4 is 10.6 Å². The Labute approximate surface area is 167 Å². The van der Waals surface area contributed by atoms with E-state index in [1.54, 1.807) is 35.6 Å². The normalized spacial score (nSPS) is 10.8. The maximum absolute atomic E-state index is 12.4. The van der Waals surface area contributed by atoms with Crippen molar-refractivity contribution in [1.29, 1.82) is 0 Å². The Hall–Kier alpha value is -3.00. The van der Waals surface area contributed by atoms with Crippen molar-refractivity contribution >= 4 is 28.8 Å². The van der Waals surface area contributed by atoms with E-state index in [2.05, 4.69) is 20.8 Å². The molecule has 2 heterocycles. The third kappa shape index (κ3) is 5.26. The largest absolute Gasteiger partial charge is 0.352 e. The van der Waals surface area contributed by atoms with E-state index in [4.69, 9.17) is 4.52 Å². The zero-order valence-corrected chi connectivity index (χ0v) is 16.6. The van der Waals surface area contributed by atoms with Gasteiger partial charge >= 0.3 is 0 Å². The van der Waals surface area contributed by atoms with Crippen LogP contribution in [0.5, 0.6) is 0 Å². The van der Waals surface area contributed by atoms with Gasteiger partial charge in [0.1, 0.15) is 0 Å². The molecule has 2 N–H and O–H groups in total. The van der Waals surface area contributed by atoms with Crippen LogP contribution in [-0.4, -0.2) is 28.5 Å². The number of carbonyl (C=O) groups is 2. The molecule has 0 saturated carbocycles. The zero-order valence-electron chi connectivity index (χ0n) is 15.8. The van der Waals surface area contributed by atoms with Gasteiger partial charge in [0.25, 0.3) is 5.91 Å². The molecular formula is C20H22N4O3S. The third-order valence-corrected chi connectivity index (χ3v) is 4.61. The molecule has 0 aliphatic heterocycles. The van der Waals surface area contributed by atoms with Crippen LogP contribution in [0, 0.1) is 5.92 Å². The Bertz CT molecular complexity index is 935. The van der Waals surface area contributed by atoms with Crippen molar-refractivity contribution in [3.8, 4) is 11.4 Å². The fraction of sp³-hybridized carbons (Fsp3) is 0.300. The highest BCUT2D eigenvalue weighted by atomic mass is 32.1. The van der Waals surface area contributed by atoms with Gasteiger partial charge in [-0.05, 0) is 29.5 Å². The number of aromatic nitrogens is 2. The van der Waals surface area contributed by atoms with Crippen molar-refractivity contribution in [1.82, 2.24) is 15.5 Å². The molecule has 0 aliphatic carbocycles. The van der Waals surface area contributed by atoms with Crippen molar-refractivity contribution in [2.75, 3.05) is 11.9 Å². The Kier molecular flexibility index (Phi) is 6.54.